The molecule has 8 heteroatoms. The first-order valence-electron chi connectivity index (χ1n) is 7.11. The number of hydrogen-bond donors (Lipinski definition) is 2. The van der Waals surface area contributed by atoms with Crippen molar-refractivity contribution in [1.82, 2.24) is 4.72 Å². The Balaban J connectivity index is 0.00000242. The van der Waals surface area contributed by atoms with Gasteiger partial charge in [-0.05, 0) is 30.9 Å². The van der Waals surface area contributed by atoms with Gasteiger partial charge in [-0.1, -0.05) is 19.3 Å². The van der Waals surface area contributed by atoms with Gasteiger partial charge in [-0.3, -0.25) is 0 Å². The fourth-order valence-electron chi connectivity index (χ4n) is 2.82. The molecule has 1 aromatic rings. The minimum absolute atomic E-state index is 0. The molecule has 0 aliphatic heterocycles. The van der Waals surface area contributed by atoms with Crippen LogP contribution in [-0.2, 0) is 10.0 Å². The van der Waals surface area contributed by atoms with Gasteiger partial charge in [0.25, 0.3) is 0 Å². The van der Waals surface area contributed by atoms with Crippen LogP contribution in [0.25, 0.3) is 0 Å². The van der Waals surface area contributed by atoms with Gasteiger partial charge in [0.2, 0.25) is 10.0 Å². The van der Waals surface area contributed by atoms with Gasteiger partial charge >= 0.3 is 0 Å². The maximum absolute atomic E-state index is 13.2. The highest BCUT2D eigenvalue weighted by molar-refractivity contribution is 7.89. The van der Waals surface area contributed by atoms with E-state index in [1.807, 2.05) is 0 Å². The van der Waals surface area contributed by atoms with Crippen LogP contribution in [-0.4, -0.2) is 21.0 Å². The van der Waals surface area contributed by atoms with E-state index in [4.69, 9.17) is 5.73 Å². The lowest BCUT2D eigenvalue weighted by Crippen LogP contribution is -2.45. The van der Waals surface area contributed by atoms with E-state index in [-0.39, 0.29) is 24.9 Å². The molecule has 1 unspecified atom stereocenters. The highest BCUT2D eigenvalue weighted by atomic mass is 35.5. The van der Waals surface area contributed by atoms with Crippen LogP contribution in [0.15, 0.2) is 23.1 Å². The van der Waals surface area contributed by atoms with Gasteiger partial charge in [-0.2, -0.15) is 0 Å². The van der Waals surface area contributed by atoms with E-state index in [0.717, 1.165) is 44.2 Å². The average molecular weight is 355 g/mol. The molecule has 0 aromatic heterocycles. The Morgan fingerprint density at radius 3 is 2.18 bits per heavy atom. The lowest BCUT2D eigenvalue weighted by atomic mass is 9.84. The van der Waals surface area contributed by atoms with Crippen molar-refractivity contribution >= 4 is 22.4 Å². The van der Waals surface area contributed by atoms with Crippen LogP contribution in [0.1, 0.15) is 32.1 Å². The van der Waals surface area contributed by atoms with Crippen molar-refractivity contribution in [2.75, 3.05) is 6.54 Å². The highest BCUT2D eigenvalue weighted by Gasteiger charge is 2.27. The minimum Gasteiger partial charge on any atom is -0.329 e. The Morgan fingerprint density at radius 2 is 1.68 bits per heavy atom. The number of nitrogens with two attached hydrogens (primary N) is 1. The quantitative estimate of drug-likeness (QED) is 0.853. The molecule has 1 aliphatic rings. The Hall–Kier alpha value is -0.760. The molecule has 2 rings (SSSR count). The molecule has 0 heterocycles. The third kappa shape index (κ3) is 4.87. The molecule has 22 heavy (non-hydrogen) atoms. The van der Waals surface area contributed by atoms with Crippen LogP contribution in [0.2, 0.25) is 0 Å². The number of rotatable bonds is 5. The van der Waals surface area contributed by atoms with Gasteiger partial charge in [-0.25, -0.2) is 21.9 Å². The second kappa shape index (κ2) is 8.19. The second-order valence-corrected chi connectivity index (χ2v) is 7.18. The summed E-state index contributed by atoms with van der Waals surface area (Å²) in [5.74, 6) is -1.66. The molecular formula is C14H21ClF2N2O2S. The summed E-state index contributed by atoms with van der Waals surface area (Å²) in [7, 11) is -3.98. The first-order chi connectivity index (χ1) is 9.92. The summed E-state index contributed by atoms with van der Waals surface area (Å²) in [4.78, 5) is -0.408. The van der Waals surface area contributed by atoms with E-state index in [1.165, 1.54) is 0 Å². The summed E-state index contributed by atoms with van der Waals surface area (Å²) in [5.41, 5.74) is 5.67. The van der Waals surface area contributed by atoms with Crippen LogP contribution in [0.5, 0.6) is 0 Å². The topological polar surface area (TPSA) is 72.2 Å². The molecule has 0 radical (unpaired) electrons. The number of halogens is 3. The van der Waals surface area contributed by atoms with E-state index in [1.54, 1.807) is 0 Å². The Kier molecular flexibility index (Phi) is 7.18. The molecule has 1 atom stereocenters. The van der Waals surface area contributed by atoms with Gasteiger partial charge in [0.15, 0.2) is 0 Å². The Morgan fingerprint density at radius 1 is 1.14 bits per heavy atom. The second-order valence-electron chi connectivity index (χ2n) is 5.47. The van der Waals surface area contributed by atoms with Gasteiger partial charge in [0.05, 0.1) is 4.90 Å². The molecule has 0 saturated heterocycles. The smallest absolute Gasteiger partial charge is 0.241 e. The first kappa shape index (κ1) is 19.3. The normalized spacial score (nSPS) is 17.8. The summed E-state index contributed by atoms with van der Waals surface area (Å²) in [6, 6.07) is 1.85. The Bertz CT molecular complexity index is 572. The predicted molar refractivity (Wildman–Crippen MR) is 83.3 cm³/mol. The minimum atomic E-state index is -3.98. The van der Waals surface area contributed by atoms with Crippen LogP contribution in [0.3, 0.4) is 0 Å². The lowest BCUT2D eigenvalue weighted by molar-refractivity contribution is 0.294. The Labute approximate surface area is 135 Å². The van der Waals surface area contributed by atoms with E-state index in [0.29, 0.717) is 6.07 Å². The molecule has 0 spiro atoms. The SMILES string of the molecule is Cl.NCC(NS(=O)(=O)c1cc(F)cc(F)c1)C1CCCCC1. The number of sulfonamides is 1. The summed E-state index contributed by atoms with van der Waals surface area (Å²) < 4.78 is 53.3. The van der Waals surface area contributed by atoms with E-state index < -0.39 is 32.6 Å². The van der Waals surface area contributed by atoms with Crippen molar-refractivity contribution in [1.29, 1.82) is 0 Å². The molecular weight excluding hydrogens is 334 g/mol. The van der Waals surface area contributed by atoms with Crippen molar-refractivity contribution in [3.8, 4) is 0 Å². The van der Waals surface area contributed by atoms with E-state index >= 15 is 0 Å². The van der Waals surface area contributed by atoms with E-state index in [9.17, 15) is 17.2 Å². The molecule has 1 aliphatic carbocycles. The molecule has 1 saturated carbocycles. The van der Waals surface area contributed by atoms with Crippen molar-refractivity contribution in [3.63, 3.8) is 0 Å². The fraction of sp³-hybridized carbons (Fsp3) is 0.571. The van der Waals surface area contributed by atoms with Crippen molar-refractivity contribution < 1.29 is 17.2 Å². The molecule has 0 amide bonds. The molecule has 0 bridgehead atoms. The third-order valence-electron chi connectivity index (χ3n) is 3.93. The van der Waals surface area contributed by atoms with Crippen LogP contribution in [0, 0.1) is 17.6 Å². The zero-order valence-electron chi connectivity index (χ0n) is 12.1. The van der Waals surface area contributed by atoms with E-state index in [2.05, 4.69) is 4.72 Å². The summed E-state index contributed by atoms with van der Waals surface area (Å²) >= 11 is 0. The van der Waals surface area contributed by atoms with Gasteiger partial charge in [0, 0.05) is 18.7 Å². The summed E-state index contributed by atoms with van der Waals surface area (Å²) in [6.45, 7) is 0.168. The monoisotopic (exact) mass is 354 g/mol. The van der Waals surface area contributed by atoms with Crippen LogP contribution < -0.4 is 10.5 Å². The van der Waals surface area contributed by atoms with Crippen LogP contribution >= 0.6 is 12.4 Å². The zero-order valence-corrected chi connectivity index (χ0v) is 13.7. The number of nitrogens with one attached hydrogen (secondary N) is 1. The van der Waals surface area contributed by atoms with Gasteiger partial charge < -0.3 is 5.73 Å². The lowest BCUT2D eigenvalue weighted by Gasteiger charge is -2.29. The summed E-state index contributed by atoms with van der Waals surface area (Å²) in [5, 5.41) is 0. The number of hydrogen-bond acceptors (Lipinski definition) is 3. The highest BCUT2D eigenvalue weighted by Crippen LogP contribution is 2.27. The predicted octanol–water partition coefficient (Wildman–Crippen LogP) is 2.57. The standard InChI is InChI=1S/C14H20F2N2O2S.ClH/c15-11-6-12(16)8-13(7-11)21(19,20)18-14(9-17)10-4-2-1-3-5-10;/h6-8,10,14,18H,1-5,9,17H2;1H. The van der Waals surface area contributed by atoms with Crippen molar-refractivity contribution in [3.05, 3.63) is 29.8 Å². The average Bonchev–Trinajstić information content (AvgIpc) is 2.45. The number of benzene rings is 1. The molecule has 126 valence electrons. The van der Waals surface area contributed by atoms with Crippen molar-refractivity contribution in [2.24, 2.45) is 11.7 Å². The summed E-state index contributed by atoms with van der Waals surface area (Å²) in [6.07, 6.45) is 5.09. The molecule has 1 fully saturated rings. The maximum atomic E-state index is 13.2. The molecule has 4 nitrogen and oxygen atoms in total. The molecule has 1 aromatic carbocycles. The van der Waals surface area contributed by atoms with Crippen LogP contribution in [0.4, 0.5) is 8.78 Å². The largest absolute Gasteiger partial charge is 0.329 e. The molecule has 3 N–H and O–H groups in total. The third-order valence-corrected chi connectivity index (χ3v) is 5.40. The van der Waals surface area contributed by atoms with Crippen molar-refractivity contribution in [2.45, 2.75) is 43.0 Å². The van der Waals surface area contributed by atoms with Gasteiger partial charge in [0.1, 0.15) is 11.6 Å². The fourth-order valence-corrected chi connectivity index (χ4v) is 4.18. The maximum Gasteiger partial charge on any atom is 0.241 e. The van der Waals surface area contributed by atoms with Gasteiger partial charge in [-0.15, -0.1) is 12.4 Å². The first-order valence-corrected chi connectivity index (χ1v) is 8.59. The zero-order chi connectivity index (χ0) is 15.5.